The lowest BCUT2D eigenvalue weighted by atomic mass is 9.98. The SMILES string of the molecule is Cc1ccc2cccc([O][Al]([O]c3ccc4cc(-c5ccccc5C)ccc4c3)[O]c3cccc4ccc(C)nc34)c2n1. The molecule has 7 aromatic rings. The summed E-state index contributed by atoms with van der Waals surface area (Å²) in [6.45, 7) is 6.09. The minimum absolute atomic E-state index is 0.630. The van der Waals surface area contributed by atoms with Crippen molar-refractivity contribution in [3.63, 3.8) is 0 Å². The van der Waals surface area contributed by atoms with Gasteiger partial charge >= 0.3 is 15.1 Å². The van der Waals surface area contributed by atoms with Crippen molar-refractivity contribution in [2.45, 2.75) is 20.8 Å². The molecule has 5 nitrogen and oxygen atoms in total. The number of pyridine rings is 2. The van der Waals surface area contributed by atoms with E-state index in [1.165, 1.54) is 16.7 Å². The number of nitrogens with zero attached hydrogens (tertiary/aromatic N) is 2. The van der Waals surface area contributed by atoms with Gasteiger partial charge in [0.25, 0.3) is 0 Å². The summed E-state index contributed by atoms with van der Waals surface area (Å²) in [7, 11) is 0. The van der Waals surface area contributed by atoms with Gasteiger partial charge in [0.2, 0.25) is 0 Å². The molecular weight excluding hydrogens is 547 g/mol. The molecule has 43 heavy (non-hydrogen) atoms. The number of aromatic nitrogens is 2. The van der Waals surface area contributed by atoms with Gasteiger partial charge in [0, 0.05) is 22.2 Å². The van der Waals surface area contributed by atoms with Gasteiger partial charge in [-0.1, -0.05) is 78.9 Å². The highest BCUT2D eigenvalue weighted by molar-refractivity contribution is 6.40. The fourth-order valence-electron chi connectivity index (χ4n) is 5.38. The molecule has 2 heterocycles. The largest absolute Gasteiger partial charge is 1.20 e. The molecule has 0 saturated heterocycles. The molecule has 0 saturated carbocycles. The van der Waals surface area contributed by atoms with Crippen LogP contribution >= 0.6 is 0 Å². The molecule has 0 unspecified atom stereocenters. The lowest BCUT2D eigenvalue weighted by Gasteiger charge is -2.18. The van der Waals surface area contributed by atoms with E-state index in [4.69, 9.17) is 21.3 Å². The van der Waals surface area contributed by atoms with E-state index in [1.807, 2.05) is 74.5 Å². The molecule has 5 aromatic carbocycles. The van der Waals surface area contributed by atoms with Crippen LogP contribution in [0.5, 0.6) is 17.2 Å². The minimum Gasteiger partial charge on any atom is -0.577 e. The van der Waals surface area contributed by atoms with E-state index in [-0.39, 0.29) is 0 Å². The number of para-hydroxylation sites is 2. The van der Waals surface area contributed by atoms with Gasteiger partial charge in [-0.2, -0.15) is 0 Å². The molecule has 7 rings (SSSR count). The van der Waals surface area contributed by atoms with Gasteiger partial charge < -0.3 is 11.4 Å². The molecule has 6 heteroatoms. The van der Waals surface area contributed by atoms with Crippen molar-refractivity contribution in [3.05, 3.63) is 138 Å². The van der Waals surface area contributed by atoms with E-state index in [9.17, 15) is 0 Å². The van der Waals surface area contributed by atoms with Gasteiger partial charge in [-0.25, -0.2) is 9.97 Å². The normalized spacial score (nSPS) is 11.1. The summed E-state index contributed by atoms with van der Waals surface area (Å²) in [6, 6.07) is 41.0. The third-order valence-corrected chi connectivity index (χ3v) is 8.95. The Hall–Kier alpha value is -4.89. The van der Waals surface area contributed by atoms with Crippen molar-refractivity contribution < 1.29 is 11.4 Å². The van der Waals surface area contributed by atoms with Gasteiger partial charge in [0.05, 0.1) is 5.75 Å². The zero-order valence-corrected chi connectivity index (χ0v) is 25.4. The first-order chi connectivity index (χ1) is 21.0. The predicted molar refractivity (Wildman–Crippen MR) is 175 cm³/mol. The van der Waals surface area contributed by atoms with Crippen LogP contribution in [0.15, 0.2) is 121 Å². The monoisotopic (exact) mass is 576 g/mol. The zero-order valence-electron chi connectivity index (χ0n) is 24.2. The molecule has 0 fully saturated rings. The van der Waals surface area contributed by atoms with Crippen molar-refractivity contribution in [2.75, 3.05) is 0 Å². The maximum Gasteiger partial charge on any atom is 1.20 e. The molecule has 0 spiro atoms. The summed E-state index contributed by atoms with van der Waals surface area (Å²) in [5.74, 6) is 1.94. The lowest BCUT2D eigenvalue weighted by Crippen LogP contribution is -2.37. The average molecular weight is 577 g/mol. The maximum atomic E-state index is 6.58. The highest BCUT2D eigenvalue weighted by Crippen LogP contribution is 2.31. The van der Waals surface area contributed by atoms with Crippen molar-refractivity contribution >= 4 is 47.7 Å². The zero-order chi connectivity index (χ0) is 29.3. The molecule has 0 aliphatic carbocycles. The Morgan fingerprint density at radius 2 is 1.07 bits per heavy atom. The molecular formula is C37H29AlN2O3. The van der Waals surface area contributed by atoms with Gasteiger partial charge in [-0.3, -0.25) is 0 Å². The third kappa shape index (κ3) is 5.63. The summed E-state index contributed by atoms with van der Waals surface area (Å²) >= 11 is -2.89. The Labute approximate surface area is 255 Å². The minimum atomic E-state index is -2.89. The second kappa shape index (κ2) is 11.4. The van der Waals surface area contributed by atoms with Crippen LogP contribution in [-0.2, 0) is 0 Å². The second-order valence-electron chi connectivity index (χ2n) is 10.7. The number of fused-ring (bicyclic) bond motifs is 3. The first kappa shape index (κ1) is 27.0. The second-order valence-corrected chi connectivity index (χ2v) is 12.0. The Kier molecular flexibility index (Phi) is 7.16. The van der Waals surface area contributed by atoms with Gasteiger partial charge in [-0.05, 0) is 90.7 Å². The van der Waals surface area contributed by atoms with E-state index >= 15 is 0 Å². The smallest absolute Gasteiger partial charge is 0.577 e. The Morgan fingerprint density at radius 1 is 0.488 bits per heavy atom. The predicted octanol–water partition coefficient (Wildman–Crippen LogP) is 9.05. The van der Waals surface area contributed by atoms with Crippen LogP contribution in [0.3, 0.4) is 0 Å². The number of aryl methyl sites for hydroxylation is 3. The van der Waals surface area contributed by atoms with Crippen molar-refractivity contribution in [1.82, 2.24) is 9.97 Å². The van der Waals surface area contributed by atoms with Crippen molar-refractivity contribution in [2.24, 2.45) is 0 Å². The number of hydrogen-bond donors (Lipinski definition) is 0. The standard InChI is InChI=1S/C17H14O.2C10H9NO.Al/c1-12-4-2-3-5-17(12)15-7-6-14-11-16(18)9-8-13(14)10-15;2*1-7-5-6-8-3-2-4-9(12)10(8)11-7;/h2-11,18H,1H3;2*2-6,12H,1H3;/q;;;+3/p-3. The number of benzene rings is 5. The van der Waals surface area contributed by atoms with Crippen LogP contribution in [0.2, 0.25) is 0 Å². The van der Waals surface area contributed by atoms with Gasteiger partial charge in [0.1, 0.15) is 22.5 Å². The van der Waals surface area contributed by atoms with Crippen molar-refractivity contribution in [3.8, 4) is 28.4 Å². The van der Waals surface area contributed by atoms with Gasteiger partial charge in [-0.15, -0.1) is 0 Å². The lowest BCUT2D eigenvalue weighted by molar-refractivity contribution is 0.310. The summed E-state index contributed by atoms with van der Waals surface area (Å²) in [5.41, 5.74) is 7.06. The third-order valence-electron chi connectivity index (χ3n) is 7.59. The Bertz CT molecular complexity index is 2040. The first-order valence-corrected chi connectivity index (χ1v) is 15.7. The molecule has 0 atom stereocenters. The van der Waals surface area contributed by atoms with Crippen molar-refractivity contribution in [1.29, 1.82) is 0 Å². The fourth-order valence-corrected chi connectivity index (χ4v) is 6.69. The highest BCUT2D eigenvalue weighted by Gasteiger charge is 2.45. The molecule has 2 aromatic heterocycles. The molecule has 0 aliphatic rings. The summed E-state index contributed by atoms with van der Waals surface area (Å²) < 4.78 is 19.7. The molecule has 0 aliphatic heterocycles. The van der Waals surface area contributed by atoms with Crippen LogP contribution in [-0.4, -0.2) is 25.1 Å². The van der Waals surface area contributed by atoms with Crippen LogP contribution in [0.4, 0.5) is 0 Å². The number of hydrogen-bond acceptors (Lipinski definition) is 5. The molecule has 0 radical (unpaired) electrons. The fraction of sp³-hybridized carbons (Fsp3) is 0.0811. The quantitative estimate of drug-likeness (QED) is 0.177. The molecule has 208 valence electrons. The summed E-state index contributed by atoms with van der Waals surface area (Å²) in [5, 5.41) is 4.20. The average Bonchev–Trinajstić information content (AvgIpc) is 3.01. The van der Waals surface area contributed by atoms with Crippen LogP contribution in [0, 0.1) is 20.8 Å². The molecule has 0 bridgehead atoms. The van der Waals surface area contributed by atoms with Crippen LogP contribution in [0.1, 0.15) is 17.0 Å². The highest BCUT2D eigenvalue weighted by atomic mass is 27.3. The summed E-state index contributed by atoms with van der Waals surface area (Å²) in [6.07, 6.45) is 0. The van der Waals surface area contributed by atoms with E-state index in [2.05, 4.69) is 67.6 Å². The van der Waals surface area contributed by atoms with E-state index in [1.54, 1.807) is 0 Å². The van der Waals surface area contributed by atoms with Crippen LogP contribution < -0.4 is 11.4 Å². The van der Waals surface area contributed by atoms with Crippen LogP contribution in [0.25, 0.3) is 43.7 Å². The van der Waals surface area contributed by atoms with Gasteiger partial charge in [0.15, 0.2) is 0 Å². The topological polar surface area (TPSA) is 53.5 Å². The maximum absolute atomic E-state index is 6.58. The van der Waals surface area contributed by atoms with E-state index in [0.717, 1.165) is 44.0 Å². The Morgan fingerprint density at radius 3 is 1.72 bits per heavy atom. The first-order valence-electron chi connectivity index (χ1n) is 14.3. The molecule has 0 N–H and O–H groups in total. The summed E-state index contributed by atoms with van der Waals surface area (Å²) in [4.78, 5) is 9.52. The Balaban J connectivity index is 1.25. The van der Waals surface area contributed by atoms with E-state index < -0.39 is 15.1 Å². The number of rotatable bonds is 7. The van der Waals surface area contributed by atoms with E-state index in [0.29, 0.717) is 17.2 Å². The molecule has 0 amide bonds.